The van der Waals surface area contributed by atoms with Gasteiger partial charge in [-0.15, -0.1) is 0 Å². The molecule has 2 aliphatic heterocycles. The van der Waals surface area contributed by atoms with Gasteiger partial charge in [0.25, 0.3) is 5.91 Å². The minimum Gasteiger partial charge on any atom is -0.382 e. The molecule has 0 saturated carbocycles. The van der Waals surface area contributed by atoms with Gasteiger partial charge in [-0.3, -0.25) is 14.7 Å². The molecule has 10 nitrogen and oxygen atoms in total. The van der Waals surface area contributed by atoms with Crippen LogP contribution in [0.5, 0.6) is 0 Å². The van der Waals surface area contributed by atoms with Crippen molar-refractivity contribution >= 4 is 23.4 Å². The first-order valence-electron chi connectivity index (χ1n) is 11.5. The maximum absolute atomic E-state index is 13.2. The van der Waals surface area contributed by atoms with Crippen LogP contribution in [0.1, 0.15) is 46.9 Å². The molecule has 1 amide bonds. The van der Waals surface area contributed by atoms with E-state index in [1.165, 1.54) is 11.1 Å². The fourth-order valence-electron chi connectivity index (χ4n) is 5.64. The number of amides is 1. The van der Waals surface area contributed by atoms with Gasteiger partial charge >= 0.3 is 0 Å². The summed E-state index contributed by atoms with van der Waals surface area (Å²) < 4.78 is 1.82. The molecule has 10 heteroatoms. The second kappa shape index (κ2) is 7.51. The number of aromatic nitrogens is 5. The highest BCUT2D eigenvalue weighted by molar-refractivity contribution is 6.07. The first kappa shape index (κ1) is 20.1. The van der Waals surface area contributed by atoms with Crippen LogP contribution < -0.4 is 21.3 Å². The van der Waals surface area contributed by atoms with Crippen molar-refractivity contribution in [1.82, 2.24) is 24.7 Å². The molecule has 170 valence electrons. The van der Waals surface area contributed by atoms with Crippen LogP contribution >= 0.6 is 0 Å². The molecule has 1 saturated heterocycles. The first-order chi connectivity index (χ1) is 16.1. The van der Waals surface area contributed by atoms with Crippen molar-refractivity contribution in [1.29, 1.82) is 0 Å². The number of carbonyl (C=O) groups excluding carboxylic acids is 1. The molecule has 33 heavy (non-hydrogen) atoms. The van der Waals surface area contributed by atoms with Crippen molar-refractivity contribution < 1.29 is 4.79 Å². The zero-order chi connectivity index (χ0) is 22.6. The lowest BCUT2D eigenvalue weighted by molar-refractivity contribution is 0.0977. The van der Waals surface area contributed by atoms with Gasteiger partial charge < -0.3 is 16.4 Å². The van der Waals surface area contributed by atoms with Gasteiger partial charge in [-0.05, 0) is 48.3 Å². The van der Waals surface area contributed by atoms with Gasteiger partial charge in [-0.2, -0.15) is 5.10 Å². The van der Waals surface area contributed by atoms with Crippen LogP contribution in [-0.2, 0) is 13.0 Å². The molecular weight excluding hydrogens is 418 g/mol. The molecule has 1 aliphatic carbocycles. The monoisotopic (exact) mass is 445 g/mol. The Bertz CT molecular complexity index is 1210. The number of rotatable bonds is 2. The number of fused-ring (bicyclic) bond motifs is 2. The van der Waals surface area contributed by atoms with E-state index in [-0.39, 0.29) is 28.9 Å². The van der Waals surface area contributed by atoms with E-state index in [4.69, 9.17) is 11.5 Å². The highest BCUT2D eigenvalue weighted by Gasteiger charge is 2.46. The van der Waals surface area contributed by atoms with Crippen LogP contribution in [0.25, 0.3) is 0 Å². The zero-order valence-corrected chi connectivity index (χ0v) is 18.4. The van der Waals surface area contributed by atoms with Crippen LogP contribution in [0.3, 0.4) is 0 Å². The Hall–Kier alpha value is -3.53. The second-order valence-corrected chi connectivity index (χ2v) is 9.26. The zero-order valence-electron chi connectivity index (χ0n) is 18.4. The van der Waals surface area contributed by atoms with Crippen LogP contribution in [0, 0.1) is 5.41 Å². The number of aryl methyl sites for hydroxylation is 1. The normalized spacial score (nSPS) is 21.2. The van der Waals surface area contributed by atoms with Gasteiger partial charge in [-0.1, -0.05) is 0 Å². The van der Waals surface area contributed by atoms with Crippen LogP contribution in [0.4, 0.5) is 17.5 Å². The van der Waals surface area contributed by atoms with Gasteiger partial charge in [0.15, 0.2) is 11.5 Å². The number of pyridine rings is 1. The molecule has 5 heterocycles. The SMILES string of the molecule is Nc1nc(N2CCC3(CC2)Cc2cnccc2C3N)cnc1C(=O)N1CCCn2nccc21. The first-order valence-corrected chi connectivity index (χ1v) is 11.5. The smallest absolute Gasteiger partial charge is 0.281 e. The molecule has 1 atom stereocenters. The summed E-state index contributed by atoms with van der Waals surface area (Å²) in [6.45, 7) is 3.05. The summed E-state index contributed by atoms with van der Waals surface area (Å²) in [5.74, 6) is 1.38. The third kappa shape index (κ3) is 3.16. The summed E-state index contributed by atoms with van der Waals surface area (Å²) in [7, 11) is 0. The lowest BCUT2D eigenvalue weighted by Crippen LogP contribution is -2.44. The van der Waals surface area contributed by atoms with Crippen LogP contribution in [-0.4, -0.2) is 50.3 Å². The number of anilines is 3. The summed E-state index contributed by atoms with van der Waals surface area (Å²) in [4.78, 5) is 30.3. The molecule has 3 aromatic heterocycles. The summed E-state index contributed by atoms with van der Waals surface area (Å²) in [5, 5.41) is 4.27. The average Bonchev–Trinajstić information content (AvgIpc) is 3.42. The van der Waals surface area contributed by atoms with Gasteiger partial charge in [0.1, 0.15) is 11.6 Å². The van der Waals surface area contributed by atoms with Crippen molar-refractivity contribution in [3.8, 4) is 0 Å². The summed E-state index contributed by atoms with van der Waals surface area (Å²) in [5.41, 5.74) is 15.6. The van der Waals surface area contributed by atoms with Gasteiger partial charge in [0.2, 0.25) is 0 Å². The molecule has 1 unspecified atom stereocenters. The lowest BCUT2D eigenvalue weighted by Gasteiger charge is -2.42. The van der Waals surface area contributed by atoms with E-state index >= 15 is 0 Å². The minimum atomic E-state index is -0.242. The molecule has 3 aromatic rings. The second-order valence-electron chi connectivity index (χ2n) is 9.26. The van der Waals surface area contributed by atoms with E-state index in [1.54, 1.807) is 17.3 Å². The highest BCUT2D eigenvalue weighted by atomic mass is 16.2. The number of carbonyl (C=O) groups is 1. The van der Waals surface area contributed by atoms with Crippen molar-refractivity contribution in [2.45, 2.75) is 38.3 Å². The fourth-order valence-corrected chi connectivity index (χ4v) is 5.64. The molecule has 4 N–H and O–H groups in total. The maximum atomic E-state index is 13.2. The highest BCUT2D eigenvalue weighted by Crippen LogP contribution is 2.50. The van der Waals surface area contributed by atoms with Crippen molar-refractivity contribution in [3.05, 3.63) is 53.7 Å². The summed E-state index contributed by atoms with van der Waals surface area (Å²) in [6.07, 6.45) is 10.9. The number of hydrogen-bond acceptors (Lipinski definition) is 8. The Morgan fingerprint density at radius 2 is 1.94 bits per heavy atom. The third-order valence-electron chi connectivity index (χ3n) is 7.52. The maximum Gasteiger partial charge on any atom is 0.281 e. The Kier molecular flexibility index (Phi) is 4.58. The molecule has 3 aliphatic rings. The molecular formula is C23H27N9O. The molecule has 1 fully saturated rings. The largest absolute Gasteiger partial charge is 0.382 e. The van der Waals surface area contributed by atoms with E-state index < -0.39 is 0 Å². The molecule has 6 rings (SSSR count). The number of nitrogens with two attached hydrogens (primary N) is 2. The molecule has 1 spiro atoms. The molecule has 0 aromatic carbocycles. The van der Waals surface area contributed by atoms with Crippen LogP contribution in [0.15, 0.2) is 36.9 Å². The van der Waals surface area contributed by atoms with E-state index in [2.05, 4.69) is 31.0 Å². The van der Waals surface area contributed by atoms with E-state index in [0.717, 1.165) is 51.1 Å². The van der Waals surface area contributed by atoms with Crippen LogP contribution in [0.2, 0.25) is 0 Å². The van der Waals surface area contributed by atoms with Gasteiger partial charge in [0, 0.05) is 50.7 Å². The molecule has 0 bridgehead atoms. The van der Waals surface area contributed by atoms with Gasteiger partial charge in [0.05, 0.1) is 12.4 Å². The van der Waals surface area contributed by atoms with E-state index in [1.807, 2.05) is 23.1 Å². The predicted molar refractivity (Wildman–Crippen MR) is 124 cm³/mol. The summed E-state index contributed by atoms with van der Waals surface area (Å²) >= 11 is 0. The molecule has 0 radical (unpaired) electrons. The standard InChI is InChI=1S/C23H27N9O/c24-20-16-2-6-26-13-15(16)12-23(20)4-10-30(11-5-23)17-14-27-19(21(25)29-17)22(33)31-8-1-9-32-18(31)3-7-28-32/h2-3,6-7,13-14,20H,1,4-5,8-12,24H2,(H2,25,29). The Morgan fingerprint density at radius 3 is 2.73 bits per heavy atom. The quantitative estimate of drug-likeness (QED) is 0.607. The van der Waals surface area contributed by atoms with Gasteiger partial charge in [-0.25, -0.2) is 14.6 Å². The van der Waals surface area contributed by atoms with Crippen molar-refractivity contribution in [2.75, 3.05) is 35.2 Å². The Morgan fingerprint density at radius 1 is 1.09 bits per heavy atom. The van der Waals surface area contributed by atoms with Crippen molar-refractivity contribution in [2.24, 2.45) is 11.1 Å². The van der Waals surface area contributed by atoms with E-state index in [0.29, 0.717) is 12.4 Å². The van der Waals surface area contributed by atoms with Crippen molar-refractivity contribution in [3.63, 3.8) is 0 Å². The lowest BCUT2D eigenvalue weighted by atomic mass is 9.73. The Balaban J connectivity index is 1.18. The van der Waals surface area contributed by atoms with E-state index in [9.17, 15) is 4.79 Å². The fraction of sp³-hybridized carbons (Fsp3) is 0.435. The average molecular weight is 446 g/mol. The number of piperidine rings is 1. The topological polar surface area (TPSA) is 132 Å². The Labute approximate surface area is 191 Å². The predicted octanol–water partition coefficient (Wildman–Crippen LogP) is 1.54. The number of nitrogens with zero attached hydrogens (tertiary/aromatic N) is 7. The summed E-state index contributed by atoms with van der Waals surface area (Å²) in [6, 6.07) is 3.92. The third-order valence-corrected chi connectivity index (χ3v) is 7.52. The number of nitrogen functional groups attached to an aromatic ring is 1. The minimum absolute atomic E-state index is 0.0341. The number of hydrogen-bond donors (Lipinski definition) is 2.